The highest BCUT2D eigenvalue weighted by Crippen LogP contribution is 2.21. The third kappa shape index (κ3) is 5.55. The van der Waals surface area contributed by atoms with Crippen LogP contribution in [-0.2, 0) is 6.42 Å². The van der Waals surface area contributed by atoms with E-state index in [1.807, 2.05) is 24.3 Å². The first kappa shape index (κ1) is 21.2. The van der Waals surface area contributed by atoms with E-state index in [4.69, 9.17) is 16.1 Å². The molecule has 7 nitrogen and oxygen atoms in total. The van der Waals surface area contributed by atoms with Gasteiger partial charge in [0, 0.05) is 55.4 Å². The predicted octanol–water partition coefficient (Wildman–Crippen LogP) is 3.68. The van der Waals surface area contributed by atoms with E-state index in [1.165, 1.54) is 11.3 Å². The SMILES string of the molecule is CN=C(NCCc1nc(-c2ccc(Cl)cc2)no1)NC1CCN(c2ccc(C)cc2)C1. The second-order valence-electron chi connectivity index (χ2n) is 7.68. The molecule has 0 amide bonds. The van der Waals surface area contributed by atoms with Crippen molar-refractivity contribution in [3.05, 3.63) is 65.0 Å². The monoisotopic (exact) mass is 438 g/mol. The van der Waals surface area contributed by atoms with Gasteiger partial charge in [0.15, 0.2) is 5.96 Å². The Hall–Kier alpha value is -3.06. The molecule has 1 unspecified atom stereocenters. The summed E-state index contributed by atoms with van der Waals surface area (Å²) < 4.78 is 5.37. The van der Waals surface area contributed by atoms with Crippen LogP contribution in [0.5, 0.6) is 0 Å². The van der Waals surface area contributed by atoms with E-state index in [0.29, 0.717) is 35.7 Å². The van der Waals surface area contributed by atoms with Crippen LogP contribution in [0.15, 0.2) is 58.0 Å². The zero-order valence-corrected chi connectivity index (χ0v) is 18.6. The number of anilines is 1. The second-order valence-corrected chi connectivity index (χ2v) is 8.12. The van der Waals surface area contributed by atoms with Gasteiger partial charge in [0.25, 0.3) is 0 Å². The average Bonchev–Trinajstić information content (AvgIpc) is 3.44. The Labute approximate surface area is 187 Å². The second kappa shape index (κ2) is 9.83. The van der Waals surface area contributed by atoms with Crippen molar-refractivity contribution in [3.8, 4) is 11.4 Å². The Morgan fingerprint density at radius 1 is 1.19 bits per heavy atom. The topological polar surface area (TPSA) is 78.6 Å². The Morgan fingerprint density at radius 3 is 2.71 bits per heavy atom. The number of nitrogens with one attached hydrogen (secondary N) is 2. The molecule has 0 bridgehead atoms. The quantitative estimate of drug-likeness (QED) is 0.451. The average molecular weight is 439 g/mol. The van der Waals surface area contributed by atoms with Crippen molar-refractivity contribution in [2.45, 2.75) is 25.8 Å². The number of hydrogen-bond donors (Lipinski definition) is 2. The van der Waals surface area contributed by atoms with Gasteiger partial charge < -0.3 is 20.1 Å². The van der Waals surface area contributed by atoms with Gasteiger partial charge in [0.1, 0.15) is 0 Å². The Kier molecular flexibility index (Phi) is 6.72. The van der Waals surface area contributed by atoms with Gasteiger partial charge in [0.2, 0.25) is 11.7 Å². The minimum absolute atomic E-state index is 0.354. The molecule has 0 radical (unpaired) electrons. The van der Waals surface area contributed by atoms with Crippen LogP contribution < -0.4 is 15.5 Å². The summed E-state index contributed by atoms with van der Waals surface area (Å²) in [5, 5.41) is 11.6. The highest BCUT2D eigenvalue weighted by Gasteiger charge is 2.23. The lowest BCUT2D eigenvalue weighted by molar-refractivity contribution is 0.378. The van der Waals surface area contributed by atoms with Gasteiger partial charge in [-0.25, -0.2) is 0 Å². The molecule has 31 heavy (non-hydrogen) atoms. The lowest BCUT2D eigenvalue weighted by Gasteiger charge is -2.20. The Balaban J connectivity index is 1.24. The molecule has 1 aliphatic heterocycles. The van der Waals surface area contributed by atoms with Crippen molar-refractivity contribution in [2.75, 3.05) is 31.6 Å². The van der Waals surface area contributed by atoms with Crippen LogP contribution in [0.1, 0.15) is 17.9 Å². The molecule has 1 aromatic heterocycles. The molecule has 1 aliphatic rings. The summed E-state index contributed by atoms with van der Waals surface area (Å²) in [6.07, 6.45) is 1.68. The molecule has 0 aliphatic carbocycles. The minimum atomic E-state index is 0.354. The summed E-state index contributed by atoms with van der Waals surface area (Å²) >= 11 is 5.93. The first-order chi connectivity index (χ1) is 15.1. The van der Waals surface area contributed by atoms with Gasteiger partial charge >= 0.3 is 0 Å². The van der Waals surface area contributed by atoms with Crippen molar-refractivity contribution in [1.29, 1.82) is 0 Å². The van der Waals surface area contributed by atoms with Crippen molar-refractivity contribution in [1.82, 2.24) is 20.8 Å². The minimum Gasteiger partial charge on any atom is -0.369 e. The van der Waals surface area contributed by atoms with Gasteiger partial charge in [-0.3, -0.25) is 4.99 Å². The molecular formula is C23H27ClN6O. The maximum Gasteiger partial charge on any atom is 0.228 e. The smallest absolute Gasteiger partial charge is 0.228 e. The highest BCUT2D eigenvalue weighted by atomic mass is 35.5. The molecule has 4 rings (SSSR count). The summed E-state index contributed by atoms with van der Waals surface area (Å²) in [5.41, 5.74) is 3.43. The molecule has 0 spiro atoms. The number of aromatic nitrogens is 2. The zero-order valence-electron chi connectivity index (χ0n) is 17.8. The fourth-order valence-electron chi connectivity index (χ4n) is 3.62. The molecule has 8 heteroatoms. The largest absolute Gasteiger partial charge is 0.369 e. The van der Waals surface area contributed by atoms with Crippen molar-refractivity contribution in [2.24, 2.45) is 4.99 Å². The fraction of sp³-hybridized carbons (Fsp3) is 0.348. The van der Waals surface area contributed by atoms with Crippen LogP contribution in [0.4, 0.5) is 5.69 Å². The number of nitrogens with zero attached hydrogens (tertiary/aromatic N) is 4. The lowest BCUT2D eigenvalue weighted by Crippen LogP contribution is -2.45. The Bertz CT molecular complexity index is 1020. The third-order valence-electron chi connectivity index (χ3n) is 5.35. The van der Waals surface area contributed by atoms with E-state index in [1.54, 1.807) is 7.05 Å². The van der Waals surface area contributed by atoms with Gasteiger partial charge in [-0.1, -0.05) is 34.5 Å². The molecule has 1 saturated heterocycles. The van der Waals surface area contributed by atoms with Crippen molar-refractivity contribution >= 4 is 23.2 Å². The number of benzene rings is 2. The Morgan fingerprint density at radius 2 is 1.97 bits per heavy atom. The summed E-state index contributed by atoms with van der Waals surface area (Å²) in [7, 11) is 1.79. The molecule has 0 saturated carbocycles. The molecule has 2 aromatic carbocycles. The first-order valence-corrected chi connectivity index (χ1v) is 10.9. The third-order valence-corrected chi connectivity index (χ3v) is 5.61. The van der Waals surface area contributed by atoms with E-state index in [0.717, 1.165) is 31.0 Å². The summed E-state index contributed by atoms with van der Waals surface area (Å²) in [6.45, 7) is 4.75. The fourth-order valence-corrected chi connectivity index (χ4v) is 3.74. The van der Waals surface area contributed by atoms with Crippen LogP contribution in [0.2, 0.25) is 5.02 Å². The van der Waals surface area contributed by atoms with E-state index in [9.17, 15) is 0 Å². The van der Waals surface area contributed by atoms with E-state index < -0.39 is 0 Å². The van der Waals surface area contributed by atoms with Crippen LogP contribution in [0.3, 0.4) is 0 Å². The number of aliphatic imine (C=N–C) groups is 1. The van der Waals surface area contributed by atoms with Crippen molar-refractivity contribution in [3.63, 3.8) is 0 Å². The van der Waals surface area contributed by atoms with Crippen LogP contribution in [0.25, 0.3) is 11.4 Å². The summed E-state index contributed by atoms with van der Waals surface area (Å²) in [5.74, 6) is 1.93. The predicted molar refractivity (Wildman–Crippen MR) is 125 cm³/mol. The highest BCUT2D eigenvalue weighted by molar-refractivity contribution is 6.30. The number of aryl methyl sites for hydroxylation is 1. The zero-order chi connectivity index (χ0) is 21.6. The first-order valence-electron chi connectivity index (χ1n) is 10.5. The normalized spacial score (nSPS) is 16.5. The number of rotatable bonds is 6. The van der Waals surface area contributed by atoms with E-state index >= 15 is 0 Å². The van der Waals surface area contributed by atoms with Gasteiger partial charge in [0.05, 0.1) is 0 Å². The maximum absolute atomic E-state index is 5.93. The standard InChI is InChI=1S/C23H27ClN6O/c1-16-3-9-20(10-4-16)30-14-12-19(15-30)27-23(25-2)26-13-11-21-28-22(29-31-21)17-5-7-18(24)8-6-17/h3-10,19H,11-15H2,1-2H3,(H2,25,26,27). The lowest BCUT2D eigenvalue weighted by atomic mass is 10.2. The molecule has 3 aromatic rings. The van der Waals surface area contributed by atoms with E-state index in [-0.39, 0.29) is 0 Å². The number of guanidine groups is 1. The molecular weight excluding hydrogens is 412 g/mol. The maximum atomic E-state index is 5.93. The molecule has 1 fully saturated rings. The van der Waals surface area contributed by atoms with Crippen LogP contribution in [0, 0.1) is 6.92 Å². The molecule has 1 atom stereocenters. The number of hydrogen-bond acceptors (Lipinski definition) is 5. The van der Waals surface area contributed by atoms with E-state index in [2.05, 4.69) is 61.9 Å². The summed E-state index contributed by atoms with van der Waals surface area (Å²) in [6, 6.07) is 16.4. The van der Waals surface area contributed by atoms with Gasteiger partial charge in [-0.2, -0.15) is 4.98 Å². The molecule has 2 N–H and O–H groups in total. The van der Waals surface area contributed by atoms with Crippen LogP contribution >= 0.6 is 11.6 Å². The van der Waals surface area contributed by atoms with Crippen LogP contribution in [-0.4, -0.2) is 48.8 Å². The number of halogens is 1. The molecule has 162 valence electrons. The van der Waals surface area contributed by atoms with Crippen molar-refractivity contribution < 1.29 is 4.52 Å². The van der Waals surface area contributed by atoms with Gasteiger partial charge in [-0.15, -0.1) is 0 Å². The molecule has 2 heterocycles. The van der Waals surface area contributed by atoms with Gasteiger partial charge in [-0.05, 0) is 49.7 Å². The summed E-state index contributed by atoms with van der Waals surface area (Å²) in [4.78, 5) is 11.2.